The largest absolute Gasteiger partial charge is 0.493 e. The van der Waals surface area contributed by atoms with Gasteiger partial charge in [0.2, 0.25) is 5.13 Å². The number of carbonyl (C=O) groups is 1. The van der Waals surface area contributed by atoms with Crippen molar-refractivity contribution in [2.24, 2.45) is 0 Å². The van der Waals surface area contributed by atoms with E-state index in [1.54, 1.807) is 0 Å². The normalized spacial score (nSPS) is 11.0. The van der Waals surface area contributed by atoms with Gasteiger partial charge in [-0.2, -0.15) is 0 Å². The summed E-state index contributed by atoms with van der Waals surface area (Å²) in [4.78, 5) is 12.7. The topological polar surface area (TPSA) is 64.1 Å². The third kappa shape index (κ3) is 3.38. The standard InChI is InChI=1S/C18H19N3O2S/c1-4-23-15-10-13-8-6-5-7-12(13)9-14(15)16(22)19-18-21-20-17(24-18)11(2)3/h5-11H,4H2,1-3H3,(H,19,21,22). The molecule has 0 atom stereocenters. The zero-order valence-electron chi connectivity index (χ0n) is 13.9. The molecule has 0 saturated heterocycles. The molecule has 1 amide bonds. The zero-order chi connectivity index (χ0) is 17.1. The molecule has 0 spiro atoms. The Balaban J connectivity index is 1.93. The van der Waals surface area contributed by atoms with Crippen molar-refractivity contribution in [3.05, 3.63) is 47.0 Å². The van der Waals surface area contributed by atoms with Gasteiger partial charge in [-0.15, -0.1) is 10.2 Å². The van der Waals surface area contributed by atoms with Gasteiger partial charge in [0.15, 0.2) is 0 Å². The summed E-state index contributed by atoms with van der Waals surface area (Å²) in [5.41, 5.74) is 0.497. The van der Waals surface area contributed by atoms with Crippen molar-refractivity contribution in [1.82, 2.24) is 10.2 Å². The number of fused-ring (bicyclic) bond motifs is 1. The van der Waals surface area contributed by atoms with Crippen LogP contribution < -0.4 is 10.1 Å². The zero-order valence-corrected chi connectivity index (χ0v) is 14.7. The summed E-state index contributed by atoms with van der Waals surface area (Å²) in [5.74, 6) is 0.616. The third-order valence-corrected chi connectivity index (χ3v) is 4.69. The number of anilines is 1. The first kappa shape index (κ1) is 16.4. The van der Waals surface area contributed by atoms with E-state index in [0.29, 0.717) is 23.1 Å². The van der Waals surface area contributed by atoms with E-state index in [1.165, 1.54) is 11.3 Å². The van der Waals surface area contributed by atoms with Crippen LogP contribution in [0, 0.1) is 0 Å². The van der Waals surface area contributed by atoms with Crippen LogP contribution in [0.2, 0.25) is 0 Å². The molecule has 3 aromatic rings. The van der Waals surface area contributed by atoms with Crippen LogP contribution in [-0.2, 0) is 0 Å². The Kier molecular flexibility index (Phi) is 4.76. The Morgan fingerprint density at radius 1 is 1.21 bits per heavy atom. The maximum absolute atomic E-state index is 12.7. The fraction of sp³-hybridized carbons (Fsp3) is 0.278. The van der Waals surface area contributed by atoms with Gasteiger partial charge < -0.3 is 4.74 Å². The predicted molar refractivity (Wildman–Crippen MR) is 97.1 cm³/mol. The highest BCUT2D eigenvalue weighted by Gasteiger charge is 2.17. The first-order valence-electron chi connectivity index (χ1n) is 7.88. The monoisotopic (exact) mass is 341 g/mol. The Bertz CT molecular complexity index is 874. The lowest BCUT2D eigenvalue weighted by molar-refractivity contribution is 0.102. The number of rotatable bonds is 5. The molecular weight excluding hydrogens is 322 g/mol. The number of amides is 1. The molecule has 0 aliphatic rings. The maximum Gasteiger partial charge on any atom is 0.261 e. The molecule has 2 aromatic carbocycles. The molecule has 0 radical (unpaired) electrons. The molecule has 0 aliphatic carbocycles. The fourth-order valence-electron chi connectivity index (χ4n) is 2.35. The van der Waals surface area contributed by atoms with Crippen molar-refractivity contribution < 1.29 is 9.53 Å². The van der Waals surface area contributed by atoms with Crippen LogP contribution in [0.15, 0.2) is 36.4 Å². The van der Waals surface area contributed by atoms with E-state index < -0.39 is 0 Å². The van der Waals surface area contributed by atoms with Crippen molar-refractivity contribution in [3.63, 3.8) is 0 Å². The maximum atomic E-state index is 12.7. The van der Waals surface area contributed by atoms with Gasteiger partial charge in [0.25, 0.3) is 5.91 Å². The molecule has 5 nitrogen and oxygen atoms in total. The molecule has 0 bridgehead atoms. The fourth-order valence-corrected chi connectivity index (χ4v) is 3.10. The van der Waals surface area contributed by atoms with E-state index >= 15 is 0 Å². The van der Waals surface area contributed by atoms with Gasteiger partial charge in [0, 0.05) is 5.92 Å². The highest BCUT2D eigenvalue weighted by atomic mass is 32.1. The van der Waals surface area contributed by atoms with E-state index in [1.807, 2.05) is 57.2 Å². The van der Waals surface area contributed by atoms with Crippen LogP contribution in [0.25, 0.3) is 10.8 Å². The van der Waals surface area contributed by atoms with Gasteiger partial charge in [-0.05, 0) is 29.8 Å². The Hall–Kier alpha value is -2.47. The second kappa shape index (κ2) is 6.97. The lowest BCUT2D eigenvalue weighted by Gasteiger charge is -2.11. The van der Waals surface area contributed by atoms with Gasteiger partial charge >= 0.3 is 0 Å². The molecule has 0 unspecified atom stereocenters. The Morgan fingerprint density at radius 2 is 1.92 bits per heavy atom. The molecule has 6 heteroatoms. The summed E-state index contributed by atoms with van der Waals surface area (Å²) in [5, 5.41) is 14.4. The number of hydrogen-bond donors (Lipinski definition) is 1. The van der Waals surface area contributed by atoms with Gasteiger partial charge in [-0.25, -0.2) is 0 Å². The van der Waals surface area contributed by atoms with Gasteiger partial charge in [0.05, 0.1) is 12.2 Å². The van der Waals surface area contributed by atoms with E-state index in [9.17, 15) is 4.79 Å². The molecule has 24 heavy (non-hydrogen) atoms. The van der Waals surface area contributed by atoms with E-state index in [0.717, 1.165) is 15.8 Å². The molecule has 0 saturated carbocycles. The molecule has 1 N–H and O–H groups in total. The number of nitrogens with zero attached hydrogens (tertiary/aromatic N) is 2. The minimum Gasteiger partial charge on any atom is -0.493 e. The van der Waals surface area contributed by atoms with Crippen LogP contribution >= 0.6 is 11.3 Å². The second-order valence-corrected chi connectivity index (χ2v) is 6.69. The minimum absolute atomic E-state index is 0.240. The number of hydrogen-bond acceptors (Lipinski definition) is 5. The molecular formula is C18H19N3O2S. The lowest BCUT2D eigenvalue weighted by atomic mass is 10.1. The lowest BCUT2D eigenvalue weighted by Crippen LogP contribution is -2.13. The average Bonchev–Trinajstić information content (AvgIpc) is 3.03. The van der Waals surface area contributed by atoms with E-state index in [2.05, 4.69) is 15.5 Å². The van der Waals surface area contributed by atoms with Crippen molar-refractivity contribution in [1.29, 1.82) is 0 Å². The van der Waals surface area contributed by atoms with Gasteiger partial charge in [-0.3, -0.25) is 10.1 Å². The van der Waals surface area contributed by atoms with E-state index in [4.69, 9.17) is 4.74 Å². The molecule has 3 rings (SSSR count). The number of benzene rings is 2. The Labute approximate surface area is 144 Å². The first-order chi connectivity index (χ1) is 11.6. The van der Waals surface area contributed by atoms with Crippen LogP contribution in [0.5, 0.6) is 5.75 Å². The number of aromatic nitrogens is 2. The highest BCUT2D eigenvalue weighted by Crippen LogP contribution is 2.28. The summed E-state index contributed by atoms with van der Waals surface area (Å²) in [6.45, 7) is 6.48. The molecule has 124 valence electrons. The first-order valence-corrected chi connectivity index (χ1v) is 8.70. The second-order valence-electron chi connectivity index (χ2n) is 5.68. The number of ether oxygens (including phenoxy) is 1. The van der Waals surface area contributed by atoms with Gasteiger partial charge in [0.1, 0.15) is 10.8 Å². The highest BCUT2D eigenvalue weighted by molar-refractivity contribution is 7.15. The summed E-state index contributed by atoms with van der Waals surface area (Å²) in [6, 6.07) is 11.6. The van der Waals surface area contributed by atoms with Crippen molar-refractivity contribution in [3.8, 4) is 5.75 Å². The SMILES string of the molecule is CCOc1cc2ccccc2cc1C(=O)Nc1nnc(C(C)C)s1. The Morgan fingerprint density at radius 3 is 2.54 bits per heavy atom. The quantitative estimate of drug-likeness (QED) is 0.744. The van der Waals surface area contributed by atoms with E-state index in [-0.39, 0.29) is 11.8 Å². The summed E-state index contributed by atoms with van der Waals surface area (Å²) in [7, 11) is 0. The minimum atomic E-state index is -0.240. The smallest absolute Gasteiger partial charge is 0.261 e. The van der Waals surface area contributed by atoms with Crippen molar-refractivity contribution in [2.45, 2.75) is 26.7 Å². The predicted octanol–water partition coefficient (Wildman–Crippen LogP) is 4.47. The van der Waals surface area contributed by atoms with Crippen LogP contribution in [0.3, 0.4) is 0 Å². The van der Waals surface area contributed by atoms with Gasteiger partial charge in [-0.1, -0.05) is 49.4 Å². The average molecular weight is 341 g/mol. The summed E-state index contributed by atoms with van der Waals surface area (Å²) >= 11 is 1.39. The molecule has 1 heterocycles. The molecule has 0 fully saturated rings. The summed E-state index contributed by atoms with van der Waals surface area (Å²) < 4.78 is 5.65. The third-order valence-electron chi connectivity index (χ3n) is 3.55. The van der Waals surface area contributed by atoms with Crippen LogP contribution in [0.1, 0.15) is 42.1 Å². The van der Waals surface area contributed by atoms with Crippen molar-refractivity contribution >= 4 is 33.1 Å². The van der Waals surface area contributed by atoms with Crippen LogP contribution in [-0.4, -0.2) is 22.7 Å². The summed E-state index contributed by atoms with van der Waals surface area (Å²) in [6.07, 6.45) is 0. The molecule has 0 aliphatic heterocycles. The molecule has 1 aromatic heterocycles. The van der Waals surface area contributed by atoms with Crippen LogP contribution in [0.4, 0.5) is 5.13 Å². The van der Waals surface area contributed by atoms with Crippen molar-refractivity contribution in [2.75, 3.05) is 11.9 Å². The number of nitrogens with one attached hydrogen (secondary N) is 1. The number of carbonyl (C=O) groups excluding carboxylic acids is 1.